The minimum absolute atomic E-state index is 0.0472. The summed E-state index contributed by atoms with van der Waals surface area (Å²) in [5.41, 5.74) is -0.732. The Kier molecular flexibility index (Phi) is 7.16. The third kappa shape index (κ3) is 4.55. The summed E-state index contributed by atoms with van der Waals surface area (Å²) in [7, 11) is 0. The van der Waals surface area contributed by atoms with Gasteiger partial charge in [-0.25, -0.2) is 9.59 Å². The van der Waals surface area contributed by atoms with Gasteiger partial charge in [0.25, 0.3) is 5.91 Å². The van der Waals surface area contributed by atoms with E-state index in [2.05, 4.69) is 10.2 Å². The topological polar surface area (TPSA) is 177 Å². The van der Waals surface area contributed by atoms with Crippen LogP contribution in [0, 0.1) is 11.8 Å². The molecule has 1 aromatic carbocycles. The summed E-state index contributed by atoms with van der Waals surface area (Å²) in [6.45, 7) is 4.99. The maximum Gasteiger partial charge on any atom is 0.490 e. The van der Waals surface area contributed by atoms with E-state index >= 15 is 0 Å². The number of aromatic hydroxyl groups is 1. The van der Waals surface area contributed by atoms with Gasteiger partial charge in [0.15, 0.2) is 17.6 Å². The first-order valence-corrected chi connectivity index (χ1v) is 13.8. The number of alkyl halides is 3. The molecule has 2 bridgehead atoms. The number of phenolic OH excluding ortho intramolecular Hbond substituents is 1. The number of phenols is 1. The SMILES string of the molecule is CC(C)[C@@H](NC(=O)C1=C(O)[C@@H]2Oc3c(O)ccc4c3[C@@]23CCN(CC2CC2)[C@H](C4)[C@]3(O)C1)C(=O)O.O=C(O)C(F)(F)F. The van der Waals surface area contributed by atoms with Crippen LogP contribution >= 0.6 is 0 Å². The van der Waals surface area contributed by atoms with E-state index in [0.29, 0.717) is 18.8 Å². The number of likely N-dealkylation sites (tertiary alicyclic amines) is 1. The normalized spacial score (nSPS) is 30.1. The van der Waals surface area contributed by atoms with Crippen molar-refractivity contribution in [2.45, 2.75) is 81.3 Å². The second kappa shape index (κ2) is 10.0. The molecule has 2 aliphatic heterocycles. The summed E-state index contributed by atoms with van der Waals surface area (Å²) < 4.78 is 37.9. The van der Waals surface area contributed by atoms with Crippen LogP contribution in [0.25, 0.3) is 0 Å². The van der Waals surface area contributed by atoms with Crippen LogP contribution in [0.5, 0.6) is 11.5 Å². The Hall–Kier alpha value is -3.52. The van der Waals surface area contributed by atoms with Gasteiger partial charge in [-0.1, -0.05) is 19.9 Å². The summed E-state index contributed by atoms with van der Waals surface area (Å²) in [6.07, 6.45) is -2.82. The highest BCUT2D eigenvalue weighted by Crippen LogP contribution is 2.66. The van der Waals surface area contributed by atoms with Gasteiger partial charge in [0.05, 0.1) is 16.6 Å². The molecular formula is C28H33F3N2O9. The highest BCUT2D eigenvalue weighted by molar-refractivity contribution is 5.97. The molecule has 1 saturated carbocycles. The second-order valence-electron chi connectivity index (χ2n) is 12.1. The lowest BCUT2D eigenvalue weighted by Crippen LogP contribution is -2.76. The number of ether oxygens (including phenoxy) is 1. The largest absolute Gasteiger partial charge is 0.508 e. The fourth-order valence-corrected chi connectivity index (χ4v) is 7.11. The highest BCUT2D eigenvalue weighted by atomic mass is 19.4. The predicted octanol–water partition coefficient (Wildman–Crippen LogP) is 2.24. The molecule has 2 heterocycles. The number of carboxylic acids is 2. The number of aliphatic hydroxyl groups excluding tert-OH is 1. The van der Waals surface area contributed by atoms with Crippen LogP contribution in [0.15, 0.2) is 23.5 Å². The number of aliphatic hydroxyl groups is 2. The molecule has 0 unspecified atom stereocenters. The molecule has 1 amide bonds. The van der Waals surface area contributed by atoms with Gasteiger partial charge in [0, 0.05) is 24.6 Å². The highest BCUT2D eigenvalue weighted by Gasteiger charge is 2.73. The quantitative estimate of drug-likeness (QED) is 0.285. The lowest BCUT2D eigenvalue weighted by molar-refractivity contribution is -0.192. The minimum Gasteiger partial charge on any atom is -0.508 e. The molecule has 0 aromatic heterocycles. The summed E-state index contributed by atoms with van der Waals surface area (Å²) in [6, 6.07) is 2.03. The average Bonchev–Trinajstić information content (AvgIpc) is 3.63. The van der Waals surface area contributed by atoms with E-state index in [1.807, 2.05) is 6.07 Å². The van der Waals surface area contributed by atoms with Crippen LogP contribution < -0.4 is 10.1 Å². The Balaban J connectivity index is 0.000000451. The fourth-order valence-electron chi connectivity index (χ4n) is 7.11. The van der Waals surface area contributed by atoms with Crippen LogP contribution in [0.1, 0.15) is 50.7 Å². The van der Waals surface area contributed by atoms with Crippen molar-refractivity contribution in [1.82, 2.24) is 10.2 Å². The van der Waals surface area contributed by atoms with E-state index in [1.54, 1.807) is 19.9 Å². The van der Waals surface area contributed by atoms with Gasteiger partial charge in [-0.15, -0.1) is 0 Å². The van der Waals surface area contributed by atoms with Gasteiger partial charge in [0.2, 0.25) is 0 Å². The first-order chi connectivity index (χ1) is 19.5. The van der Waals surface area contributed by atoms with Crippen molar-refractivity contribution in [2.75, 3.05) is 13.1 Å². The van der Waals surface area contributed by atoms with E-state index in [1.165, 1.54) is 12.8 Å². The molecular weight excluding hydrogens is 565 g/mol. The van der Waals surface area contributed by atoms with Gasteiger partial charge in [-0.05, 0) is 55.7 Å². The molecule has 42 heavy (non-hydrogen) atoms. The maximum absolute atomic E-state index is 13.3. The van der Waals surface area contributed by atoms with Crippen LogP contribution in [-0.2, 0) is 26.2 Å². The van der Waals surface area contributed by atoms with Gasteiger partial charge in [0.1, 0.15) is 11.8 Å². The number of aliphatic carboxylic acids is 2. The van der Waals surface area contributed by atoms with Crippen molar-refractivity contribution in [1.29, 1.82) is 0 Å². The number of piperidine rings is 1. The number of rotatable bonds is 6. The van der Waals surface area contributed by atoms with Gasteiger partial charge in [-0.2, -0.15) is 13.2 Å². The Morgan fingerprint density at radius 3 is 2.36 bits per heavy atom. The zero-order valence-electron chi connectivity index (χ0n) is 22.9. The van der Waals surface area contributed by atoms with Crippen molar-refractivity contribution >= 4 is 17.8 Å². The Morgan fingerprint density at radius 1 is 1.17 bits per heavy atom. The number of nitrogens with zero attached hydrogens (tertiary/aromatic N) is 1. The number of carboxylic acid groups (broad SMARTS) is 2. The van der Waals surface area contributed by atoms with E-state index in [-0.39, 0.29) is 41.2 Å². The van der Waals surface area contributed by atoms with Crippen molar-refractivity contribution in [3.05, 3.63) is 34.6 Å². The molecule has 6 rings (SSSR count). The Labute approximate surface area is 238 Å². The Morgan fingerprint density at radius 2 is 1.81 bits per heavy atom. The van der Waals surface area contributed by atoms with E-state index in [0.717, 1.165) is 24.2 Å². The molecule has 1 saturated heterocycles. The molecule has 5 aliphatic rings. The standard InChI is InChI=1S/C26H32N2O7.C2HF3O2/c1-12(2)19(24(32)33)27-23(31)15-10-26(34)17-9-14-5-6-16(29)21-18(14)25(26,22(35-21)20(15)30)7-8-28(17)11-13-3-4-13;3-2(4,5)1(6)7/h5-6,12-13,17,19,22,29-30,34H,3-4,7-11H2,1-2H3,(H,27,31)(H,32,33);(H,6,7)/t17-,19-,22+,25+,26-;/m1./s1. The maximum atomic E-state index is 13.3. The molecule has 6 N–H and O–H groups in total. The number of benzene rings is 1. The van der Waals surface area contributed by atoms with Crippen molar-refractivity contribution in [3.63, 3.8) is 0 Å². The zero-order chi connectivity index (χ0) is 30.9. The smallest absolute Gasteiger partial charge is 0.490 e. The summed E-state index contributed by atoms with van der Waals surface area (Å²) in [5, 5.41) is 53.8. The first-order valence-electron chi connectivity index (χ1n) is 13.8. The molecule has 1 aromatic rings. The first kappa shape index (κ1) is 30.0. The molecule has 0 radical (unpaired) electrons. The predicted molar refractivity (Wildman–Crippen MR) is 138 cm³/mol. The number of amides is 1. The third-order valence-corrected chi connectivity index (χ3v) is 9.25. The number of halogens is 3. The molecule has 1 spiro atoms. The lowest BCUT2D eigenvalue weighted by Gasteiger charge is -2.62. The van der Waals surface area contributed by atoms with E-state index in [4.69, 9.17) is 14.6 Å². The van der Waals surface area contributed by atoms with Gasteiger partial charge < -0.3 is 35.6 Å². The molecule has 11 nitrogen and oxygen atoms in total. The summed E-state index contributed by atoms with van der Waals surface area (Å²) in [5.74, 6) is -4.48. The number of hydrogen-bond acceptors (Lipinski definition) is 8. The fraction of sp³-hybridized carbons (Fsp3) is 0.607. The zero-order valence-corrected chi connectivity index (χ0v) is 22.9. The van der Waals surface area contributed by atoms with Crippen LogP contribution in [0.3, 0.4) is 0 Å². The number of carbonyl (C=O) groups excluding carboxylic acids is 1. The molecule has 230 valence electrons. The second-order valence-corrected chi connectivity index (χ2v) is 12.1. The van der Waals surface area contributed by atoms with Crippen molar-refractivity contribution < 1.29 is 57.8 Å². The molecule has 14 heteroatoms. The number of hydrogen-bond donors (Lipinski definition) is 6. The monoisotopic (exact) mass is 598 g/mol. The van der Waals surface area contributed by atoms with Gasteiger partial charge in [-0.3, -0.25) is 9.69 Å². The average molecular weight is 599 g/mol. The summed E-state index contributed by atoms with van der Waals surface area (Å²) in [4.78, 5) is 36.3. The Bertz CT molecular complexity index is 1360. The molecule has 3 aliphatic carbocycles. The van der Waals surface area contributed by atoms with Crippen molar-refractivity contribution in [3.8, 4) is 11.5 Å². The van der Waals surface area contributed by atoms with Crippen LogP contribution in [0.2, 0.25) is 0 Å². The van der Waals surface area contributed by atoms with Crippen molar-refractivity contribution in [2.24, 2.45) is 11.8 Å². The summed E-state index contributed by atoms with van der Waals surface area (Å²) >= 11 is 0. The lowest BCUT2D eigenvalue weighted by atomic mass is 9.49. The number of carbonyl (C=O) groups is 3. The van der Waals surface area contributed by atoms with E-state index in [9.17, 15) is 43.2 Å². The number of nitrogens with one attached hydrogen (secondary N) is 1. The van der Waals surface area contributed by atoms with Crippen LogP contribution in [0.4, 0.5) is 13.2 Å². The molecule has 5 atom stereocenters. The van der Waals surface area contributed by atoms with Crippen LogP contribution in [-0.4, -0.2) is 91.3 Å². The van der Waals surface area contributed by atoms with E-state index < -0.39 is 47.2 Å². The third-order valence-electron chi connectivity index (χ3n) is 9.25. The minimum atomic E-state index is -5.08. The van der Waals surface area contributed by atoms with Gasteiger partial charge >= 0.3 is 18.1 Å². The molecule has 2 fully saturated rings.